The molecule has 0 saturated carbocycles. The first kappa shape index (κ1) is 20.5. The summed E-state index contributed by atoms with van der Waals surface area (Å²) < 4.78 is 5.50. The fourth-order valence-corrected chi connectivity index (χ4v) is 5.10. The molecule has 0 amide bonds. The Morgan fingerprint density at radius 2 is 1.43 bits per heavy atom. The molecule has 30 heavy (non-hydrogen) atoms. The molecule has 1 N–H and O–H groups in total. The molecule has 0 spiro atoms. The lowest BCUT2D eigenvalue weighted by molar-refractivity contribution is -0.119. The summed E-state index contributed by atoms with van der Waals surface area (Å²) in [6.07, 6.45) is 7.88. The van der Waals surface area contributed by atoms with E-state index in [1.807, 2.05) is 24.3 Å². The fourth-order valence-electron chi connectivity index (χ4n) is 5.10. The van der Waals surface area contributed by atoms with Crippen molar-refractivity contribution in [3.63, 3.8) is 0 Å². The topological polar surface area (TPSA) is 55.4 Å². The van der Waals surface area contributed by atoms with E-state index in [-0.39, 0.29) is 34.9 Å². The van der Waals surface area contributed by atoms with Crippen molar-refractivity contribution in [3.05, 3.63) is 52.4 Å². The highest BCUT2D eigenvalue weighted by atomic mass is 16.5. The molecule has 0 unspecified atom stereocenters. The second-order valence-corrected chi connectivity index (χ2v) is 10.3. The summed E-state index contributed by atoms with van der Waals surface area (Å²) in [6, 6.07) is 7.64. The molecule has 0 fully saturated rings. The number of ether oxygens (including phenoxy) is 1. The average molecular weight is 404 g/mol. The Labute approximate surface area is 178 Å². The van der Waals surface area contributed by atoms with E-state index in [1.165, 1.54) is 0 Å². The third kappa shape index (κ3) is 3.69. The van der Waals surface area contributed by atoms with Gasteiger partial charge < -0.3 is 10.1 Å². The Kier molecular flexibility index (Phi) is 4.89. The number of dihydropyridines is 1. The highest BCUT2D eigenvalue weighted by Gasteiger charge is 2.46. The SMILES string of the molecule is C#CCOc1ccc(C2C3=C(CC(C)(C)CC3=O)NC3=C2C(=O)CC(C)(C)C3)cc1. The maximum atomic E-state index is 13.3. The summed E-state index contributed by atoms with van der Waals surface area (Å²) in [5, 5.41) is 3.54. The molecule has 1 aliphatic heterocycles. The second kappa shape index (κ2) is 7.16. The number of benzene rings is 1. The zero-order chi connectivity index (χ0) is 21.7. The molecule has 4 heteroatoms. The van der Waals surface area contributed by atoms with Crippen LogP contribution in [-0.2, 0) is 9.59 Å². The van der Waals surface area contributed by atoms with Crippen LogP contribution in [0.15, 0.2) is 46.8 Å². The molecular weight excluding hydrogens is 374 g/mol. The first-order chi connectivity index (χ1) is 14.1. The van der Waals surface area contributed by atoms with Crippen molar-refractivity contribution >= 4 is 11.6 Å². The van der Waals surface area contributed by atoms with Crippen LogP contribution in [0.1, 0.15) is 64.9 Å². The molecule has 0 aromatic heterocycles. The van der Waals surface area contributed by atoms with Crippen LogP contribution in [0, 0.1) is 23.2 Å². The number of terminal acetylenes is 1. The van der Waals surface area contributed by atoms with Crippen LogP contribution in [0.25, 0.3) is 0 Å². The lowest BCUT2D eigenvalue weighted by Gasteiger charge is -2.44. The number of allylic oxidation sites excluding steroid dienone is 4. The molecule has 3 aliphatic rings. The Hall–Kier alpha value is -2.80. The van der Waals surface area contributed by atoms with Crippen LogP contribution in [0.4, 0.5) is 0 Å². The standard InChI is InChI=1S/C26H29NO3/c1-6-11-30-17-9-7-16(8-10-17)22-23-18(12-25(2,3)14-20(23)28)27-19-13-26(4,5)15-21(29)24(19)22/h1,7-10,22,27H,11-15H2,2-5H3. The number of Topliss-reactive ketones (excluding diaryl/α,β-unsaturated/α-hetero) is 2. The van der Waals surface area contributed by atoms with E-state index in [9.17, 15) is 9.59 Å². The molecule has 0 atom stereocenters. The van der Waals surface area contributed by atoms with Crippen molar-refractivity contribution in [1.82, 2.24) is 5.32 Å². The highest BCUT2D eigenvalue weighted by molar-refractivity contribution is 6.06. The Balaban J connectivity index is 1.82. The number of carbonyl (C=O) groups is 2. The molecule has 4 rings (SSSR count). The van der Waals surface area contributed by atoms with Gasteiger partial charge in [0, 0.05) is 41.3 Å². The van der Waals surface area contributed by atoms with Crippen molar-refractivity contribution in [1.29, 1.82) is 0 Å². The van der Waals surface area contributed by atoms with Gasteiger partial charge in [-0.1, -0.05) is 45.7 Å². The highest BCUT2D eigenvalue weighted by Crippen LogP contribution is 2.51. The summed E-state index contributed by atoms with van der Waals surface area (Å²) in [5.41, 5.74) is 4.26. The van der Waals surface area contributed by atoms with Crippen molar-refractivity contribution in [2.75, 3.05) is 6.61 Å². The van der Waals surface area contributed by atoms with Gasteiger partial charge in [-0.05, 0) is 41.4 Å². The molecule has 1 heterocycles. The summed E-state index contributed by atoms with van der Waals surface area (Å²) in [7, 11) is 0. The minimum absolute atomic E-state index is 0.0906. The summed E-state index contributed by atoms with van der Waals surface area (Å²) in [4.78, 5) is 26.5. The van der Waals surface area contributed by atoms with Gasteiger partial charge in [0.05, 0.1) is 0 Å². The van der Waals surface area contributed by atoms with Crippen molar-refractivity contribution in [2.45, 2.75) is 59.3 Å². The van der Waals surface area contributed by atoms with Gasteiger partial charge in [-0.25, -0.2) is 0 Å². The van der Waals surface area contributed by atoms with E-state index >= 15 is 0 Å². The predicted molar refractivity (Wildman–Crippen MR) is 117 cm³/mol. The van der Waals surface area contributed by atoms with Crippen LogP contribution in [-0.4, -0.2) is 18.2 Å². The normalized spacial score (nSPS) is 22.8. The number of nitrogens with one attached hydrogen (secondary N) is 1. The van der Waals surface area contributed by atoms with Crippen LogP contribution >= 0.6 is 0 Å². The summed E-state index contributed by atoms with van der Waals surface area (Å²) in [5.74, 6) is 3.10. The number of carbonyl (C=O) groups excluding carboxylic acids is 2. The van der Waals surface area contributed by atoms with Crippen molar-refractivity contribution in [2.24, 2.45) is 10.8 Å². The van der Waals surface area contributed by atoms with Crippen LogP contribution in [0.5, 0.6) is 5.75 Å². The van der Waals surface area contributed by atoms with E-state index in [4.69, 9.17) is 11.2 Å². The monoisotopic (exact) mass is 403 g/mol. The minimum atomic E-state index is -0.315. The van der Waals surface area contributed by atoms with Gasteiger partial charge in [0.15, 0.2) is 11.6 Å². The molecule has 1 aromatic rings. The first-order valence-corrected chi connectivity index (χ1v) is 10.6. The zero-order valence-electron chi connectivity index (χ0n) is 18.2. The number of rotatable bonds is 3. The third-order valence-electron chi connectivity index (χ3n) is 6.25. The van der Waals surface area contributed by atoms with Gasteiger partial charge >= 0.3 is 0 Å². The van der Waals surface area contributed by atoms with Gasteiger partial charge in [-0.15, -0.1) is 6.42 Å². The molecule has 0 radical (unpaired) electrons. The smallest absolute Gasteiger partial charge is 0.162 e. The third-order valence-corrected chi connectivity index (χ3v) is 6.25. The van der Waals surface area contributed by atoms with Gasteiger partial charge in [0.25, 0.3) is 0 Å². The minimum Gasteiger partial charge on any atom is -0.481 e. The van der Waals surface area contributed by atoms with Crippen molar-refractivity contribution in [3.8, 4) is 18.1 Å². The molecule has 0 bridgehead atoms. The molecule has 156 valence electrons. The first-order valence-electron chi connectivity index (χ1n) is 10.6. The van der Waals surface area contributed by atoms with E-state index in [2.05, 4.69) is 38.9 Å². The van der Waals surface area contributed by atoms with Crippen LogP contribution in [0.2, 0.25) is 0 Å². The van der Waals surface area contributed by atoms with E-state index in [1.54, 1.807) is 0 Å². The molecule has 1 aromatic carbocycles. The van der Waals surface area contributed by atoms with Crippen LogP contribution in [0.3, 0.4) is 0 Å². The molecule has 0 saturated heterocycles. The summed E-state index contributed by atoms with van der Waals surface area (Å²) >= 11 is 0. The lowest BCUT2D eigenvalue weighted by Crippen LogP contribution is -2.42. The van der Waals surface area contributed by atoms with Gasteiger partial charge in [0.1, 0.15) is 12.4 Å². The molecule has 4 nitrogen and oxygen atoms in total. The Bertz CT molecular complexity index is 963. The predicted octanol–water partition coefficient (Wildman–Crippen LogP) is 4.67. The number of ketones is 2. The largest absolute Gasteiger partial charge is 0.481 e. The lowest BCUT2D eigenvalue weighted by atomic mass is 9.64. The van der Waals surface area contributed by atoms with Crippen molar-refractivity contribution < 1.29 is 14.3 Å². The maximum Gasteiger partial charge on any atom is 0.162 e. The van der Waals surface area contributed by atoms with E-state index in [0.29, 0.717) is 18.6 Å². The van der Waals surface area contributed by atoms with Gasteiger partial charge in [0.2, 0.25) is 0 Å². The fraction of sp³-hybridized carbons (Fsp3) is 0.462. The Morgan fingerprint density at radius 3 is 1.90 bits per heavy atom. The second-order valence-electron chi connectivity index (χ2n) is 10.3. The van der Waals surface area contributed by atoms with Crippen LogP contribution < -0.4 is 10.1 Å². The van der Waals surface area contributed by atoms with E-state index < -0.39 is 0 Å². The molecule has 2 aliphatic carbocycles. The maximum absolute atomic E-state index is 13.3. The number of hydrogen-bond donors (Lipinski definition) is 1. The van der Waals surface area contributed by atoms with Gasteiger partial charge in [-0.3, -0.25) is 9.59 Å². The average Bonchev–Trinajstić information content (AvgIpc) is 2.63. The number of hydrogen-bond acceptors (Lipinski definition) is 4. The molecular formula is C26H29NO3. The zero-order valence-corrected chi connectivity index (χ0v) is 18.2. The van der Waals surface area contributed by atoms with E-state index in [0.717, 1.165) is 40.9 Å². The Morgan fingerprint density at radius 1 is 0.933 bits per heavy atom. The quantitative estimate of drug-likeness (QED) is 0.745. The van der Waals surface area contributed by atoms with Gasteiger partial charge in [-0.2, -0.15) is 0 Å². The summed E-state index contributed by atoms with van der Waals surface area (Å²) in [6.45, 7) is 8.72.